The number of pyridine rings is 1. The average Bonchev–Trinajstić information content (AvgIpc) is 3.48. The van der Waals surface area contributed by atoms with Crippen molar-refractivity contribution in [3.63, 3.8) is 0 Å². The molecular weight excluding hydrogens is 424 g/mol. The summed E-state index contributed by atoms with van der Waals surface area (Å²) in [5.74, 6) is 1.58. The number of nitrogens with one attached hydrogen (secondary N) is 2. The molecule has 1 atom stereocenters. The largest absolute Gasteiger partial charge is 0.496 e. The number of benzene rings is 1. The fourth-order valence-electron chi connectivity index (χ4n) is 3.77. The molecule has 9 heteroatoms. The van der Waals surface area contributed by atoms with Gasteiger partial charge in [-0.3, -0.25) is 9.78 Å². The minimum atomic E-state index is -0.528. The predicted octanol–water partition coefficient (Wildman–Crippen LogP) is 4.34. The highest BCUT2D eigenvalue weighted by molar-refractivity contribution is 7.13. The van der Waals surface area contributed by atoms with Gasteiger partial charge in [0, 0.05) is 17.5 Å². The van der Waals surface area contributed by atoms with Crippen LogP contribution in [0, 0.1) is 0 Å². The molecular formula is C23H20N6O2S. The summed E-state index contributed by atoms with van der Waals surface area (Å²) in [6, 6.07) is 14.6. The van der Waals surface area contributed by atoms with Crippen molar-refractivity contribution < 1.29 is 9.53 Å². The lowest BCUT2D eigenvalue weighted by Crippen LogP contribution is -2.31. The number of amides is 1. The van der Waals surface area contributed by atoms with Gasteiger partial charge in [0.05, 0.1) is 29.4 Å². The van der Waals surface area contributed by atoms with E-state index >= 15 is 0 Å². The standard InChI is InChI=1S/C23H20N6O2S/c1-14-19(22(30)26-15-7-5-11-24-13-15)20(16-8-3-4-9-17(16)31-2)29-23(25-14)27-21(28-29)18-10-6-12-32-18/h3-13,20H,1-2H3,(H,26,30)(H,25,27,28). The lowest BCUT2D eigenvalue weighted by atomic mass is 9.94. The molecule has 8 nitrogen and oxygen atoms in total. The van der Waals surface area contributed by atoms with Gasteiger partial charge in [-0.15, -0.1) is 16.4 Å². The molecule has 1 unspecified atom stereocenters. The lowest BCUT2D eigenvalue weighted by molar-refractivity contribution is -0.113. The Kier molecular flexibility index (Phi) is 5.16. The third-order valence-electron chi connectivity index (χ3n) is 5.19. The first-order valence-corrected chi connectivity index (χ1v) is 10.9. The fourth-order valence-corrected chi connectivity index (χ4v) is 4.42. The van der Waals surface area contributed by atoms with Gasteiger partial charge < -0.3 is 15.4 Å². The number of allylic oxidation sites excluding steroid dienone is 1. The number of anilines is 2. The maximum atomic E-state index is 13.5. The van der Waals surface area contributed by atoms with E-state index in [1.165, 1.54) is 0 Å². The highest BCUT2D eigenvalue weighted by Crippen LogP contribution is 2.40. The van der Waals surface area contributed by atoms with Crippen molar-refractivity contribution >= 4 is 28.9 Å². The Balaban J connectivity index is 1.64. The zero-order valence-corrected chi connectivity index (χ0v) is 18.3. The third-order valence-corrected chi connectivity index (χ3v) is 6.06. The zero-order valence-electron chi connectivity index (χ0n) is 17.4. The van der Waals surface area contributed by atoms with Gasteiger partial charge in [-0.2, -0.15) is 4.98 Å². The third kappa shape index (κ3) is 3.52. The van der Waals surface area contributed by atoms with Crippen LogP contribution in [0.4, 0.5) is 11.6 Å². The molecule has 4 aromatic rings. The van der Waals surface area contributed by atoms with Crippen molar-refractivity contribution in [2.75, 3.05) is 17.7 Å². The Hall–Kier alpha value is -3.98. The number of carbonyl (C=O) groups is 1. The number of para-hydroxylation sites is 1. The molecule has 1 aromatic carbocycles. The fraction of sp³-hybridized carbons (Fsp3) is 0.130. The number of rotatable bonds is 5. The van der Waals surface area contributed by atoms with Crippen molar-refractivity contribution in [3.05, 3.63) is 83.1 Å². The van der Waals surface area contributed by atoms with Crippen LogP contribution in [0.1, 0.15) is 18.5 Å². The molecule has 32 heavy (non-hydrogen) atoms. The molecule has 0 aliphatic carbocycles. The quantitative estimate of drug-likeness (QED) is 0.476. The molecule has 2 N–H and O–H groups in total. The maximum absolute atomic E-state index is 13.5. The molecule has 0 radical (unpaired) electrons. The first kappa shape index (κ1) is 20.0. The second-order valence-electron chi connectivity index (χ2n) is 7.18. The maximum Gasteiger partial charge on any atom is 0.255 e. The molecule has 0 saturated carbocycles. The van der Waals surface area contributed by atoms with E-state index in [4.69, 9.17) is 9.84 Å². The molecule has 0 bridgehead atoms. The van der Waals surface area contributed by atoms with Gasteiger partial charge in [0.25, 0.3) is 5.91 Å². The van der Waals surface area contributed by atoms with Crippen LogP contribution in [-0.2, 0) is 4.79 Å². The van der Waals surface area contributed by atoms with Gasteiger partial charge in [-0.1, -0.05) is 24.3 Å². The average molecular weight is 445 g/mol. The van der Waals surface area contributed by atoms with E-state index < -0.39 is 6.04 Å². The Labute approximate surface area is 188 Å². The summed E-state index contributed by atoms with van der Waals surface area (Å²) in [4.78, 5) is 23.2. The van der Waals surface area contributed by atoms with Crippen LogP contribution in [-0.4, -0.2) is 32.8 Å². The predicted molar refractivity (Wildman–Crippen MR) is 124 cm³/mol. The van der Waals surface area contributed by atoms with Gasteiger partial charge in [0.1, 0.15) is 11.8 Å². The highest BCUT2D eigenvalue weighted by atomic mass is 32.1. The number of aromatic nitrogens is 4. The van der Waals surface area contributed by atoms with Crippen LogP contribution in [0.15, 0.2) is 77.6 Å². The number of fused-ring (bicyclic) bond motifs is 1. The van der Waals surface area contributed by atoms with E-state index in [9.17, 15) is 4.79 Å². The molecule has 3 aromatic heterocycles. The molecule has 1 amide bonds. The van der Waals surface area contributed by atoms with Gasteiger partial charge in [-0.25, -0.2) is 4.68 Å². The van der Waals surface area contributed by atoms with E-state index in [1.807, 2.05) is 48.7 Å². The van der Waals surface area contributed by atoms with Crippen LogP contribution < -0.4 is 15.4 Å². The van der Waals surface area contributed by atoms with Crippen LogP contribution in [0.25, 0.3) is 10.7 Å². The van der Waals surface area contributed by atoms with E-state index in [1.54, 1.807) is 47.7 Å². The topological polar surface area (TPSA) is 94.0 Å². The zero-order chi connectivity index (χ0) is 22.1. The molecule has 1 aliphatic heterocycles. The molecule has 5 rings (SSSR count). The lowest BCUT2D eigenvalue weighted by Gasteiger charge is -2.29. The Morgan fingerprint density at radius 1 is 1.19 bits per heavy atom. The second-order valence-corrected chi connectivity index (χ2v) is 8.13. The number of methoxy groups -OCH3 is 1. The summed E-state index contributed by atoms with van der Waals surface area (Å²) >= 11 is 1.56. The van der Waals surface area contributed by atoms with Crippen LogP contribution >= 0.6 is 11.3 Å². The van der Waals surface area contributed by atoms with Crippen molar-refractivity contribution in [3.8, 4) is 16.5 Å². The summed E-state index contributed by atoms with van der Waals surface area (Å²) in [5.41, 5.74) is 2.64. The van der Waals surface area contributed by atoms with Crippen molar-refractivity contribution in [2.24, 2.45) is 0 Å². The van der Waals surface area contributed by atoms with Gasteiger partial charge in [0.2, 0.25) is 5.95 Å². The SMILES string of the molecule is COc1ccccc1C1C(C(=O)Nc2cccnc2)=C(C)Nc2nc(-c3cccs3)nn21. The number of hydrogen-bond acceptors (Lipinski definition) is 7. The monoisotopic (exact) mass is 444 g/mol. The van der Waals surface area contributed by atoms with E-state index in [0.717, 1.165) is 10.4 Å². The normalized spacial score (nSPS) is 15.1. The first-order valence-electron chi connectivity index (χ1n) is 9.98. The smallest absolute Gasteiger partial charge is 0.255 e. The second kappa shape index (κ2) is 8.27. The van der Waals surface area contributed by atoms with E-state index in [-0.39, 0.29) is 5.91 Å². The van der Waals surface area contributed by atoms with Crippen LogP contribution in [0.2, 0.25) is 0 Å². The number of carbonyl (C=O) groups excluding carboxylic acids is 1. The first-order chi connectivity index (χ1) is 15.7. The molecule has 1 aliphatic rings. The van der Waals surface area contributed by atoms with Crippen molar-refractivity contribution in [1.29, 1.82) is 0 Å². The molecule has 0 spiro atoms. The summed E-state index contributed by atoms with van der Waals surface area (Å²) in [6.45, 7) is 1.86. The Morgan fingerprint density at radius 2 is 2.06 bits per heavy atom. The number of hydrogen-bond donors (Lipinski definition) is 2. The van der Waals surface area contributed by atoms with Gasteiger partial charge in [-0.05, 0) is 36.6 Å². The van der Waals surface area contributed by atoms with Crippen molar-refractivity contribution in [1.82, 2.24) is 19.7 Å². The Bertz CT molecular complexity index is 1300. The van der Waals surface area contributed by atoms with Crippen LogP contribution in [0.3, 0.4) is 0 Å². The highest BCUT2D eigenvalue weighted by Gasteiger charge is 2.36. The number of nitrogens with zero attached hydrogens (tertiary/aromatic N) is 4. The minimum Gasteiger partial charge on any atom is -0.496 e. The van der Waals surface area contributed by atoms with Crippen molar-refractivity contribution in [2.45, 2.75) is 13.0 Å². The van der Waals surface area contributed by atoms with Gasteiger partial charge >= 0.3 is 0 Å². The van der Waals surface area contributed by atoms with E-state index in [0.29, 0.717) is 34.5 Å². The summed E-state index contributed by atoms with van der Waals surface area (Å²) in [5, 5.41) is 13.0. The molecule has 160 valence electrons. The molecule has 0 fully saturated rings. The summed E-state index contributed by atoms with van der Waals surface area (Å²) in [7, 11) is 1.62. The summed E-state index contributed by atoms with van der Waals surface area (Å²) in [6.07, 6.45) is 3.27. The van der Waals surface area contributed by atoms with E-state index in [2.05, 4.69) is 20.6 Å². The molecule has 4 heterocycles. The molecule has 0 saturated heterocycles. The Morgan fingerprint density at radius 3 is 2.81 bits per heavy atom. The minimum absolute atomic E-state index is 0.252. The number of ether oxygens (including phenoxy) is 1. The summed E-state index contributed by atoms with van der Waals surface area (Å²) < 4.78 is 7.38. The van der Waals surface area contributed by atoms with Gasteiger partial charge in [0.15, 0.2) is 5.82 Å². The number of thiophene rings is 1. The van der Waals surface area contributed by atoms with Crippen LogP contribution in [0.5, 0.6) is 5.75 Å².